The first-order chi connectivity index (χ1) is 13.4. The summed E-state index contributed by atoms with van der Waals surface area (Å²) >= 11 is 0. The Morgan fingerprint density at radius 2 is 1.64 bits per heavy atom. The Balaban J connectivity index is 2.25. The molecular formula is C21H25FN2O4. The van der Waals surface area contributed by atoms with E-state index < -0.39 is 6.04 Å². The normalized spacial score (nSPS) is 11.5. The topological polar surface area (TPSA) is 67.9 Å². The first-order valence-corrected chi connectivity index (χ1v) is 8.86. The molecule has 0 bridgehead atoms. The van der Waals surface area contributed by atoms with Crippen molar-refractivity contribution in [2.24, 2.45) is 0 Å². The number of carbonyl (C=O) groups excluding carboxylic acids is 2. The van der Waals surface area contributed by atoms with Crippen LogP contribution in [0.1, 0.15) is 18.1 Å². The number of rotatable bonds is 8. The first-order valence-electron chi connectivity index (χ1n) is 8.86. The summed E-state index contributed by atoms with van der Waals surface area (Å²) in [4.78, 5) is 26.6. The molecule has 1 N–H and O–H groups in total. The average molecular weight is 388 g/mol. The van der Waals surface area contributed by atoms with Crippen molar-refractivity contribution in [2.45, 2.75) is 25.9 Å². The minimum Gasteiger partial charge on any atom is -0.493 e. The first kappa shape index (κ1) is 21.2. The zero-order valence-corrected chi connectivity index (χ0v) is 16.5. The van der Waals surface area contributed by atoms with Gasteiger partial charge in [-0.1, -0.05) is 18.2 Å². The molecule has 1 atom stereocenters. The minimum atomic E-state index is -0.678. The van der Waals surface area contributed by atoms with Gasteiger partial charge in [0, 0.05) is 13.6 Å². The fourth-order valence-corrected chi connectivity index (χ4v) is 2.84. The van der Waals surface area contributed by atoms with Gasteiger partial charge < -0.3 is 19.7 Å². The molecule has 0 saturated heterocycles. The fraction of sp³-hybridized carbons (Fsp3) is 0.333. The molecule has 150 valence electrons. The van der Waals surface area contributed by atoms with Crippen LogP contribution < -0.4 is 14.8 Å². The Hall–Kier alpha value is -3.09. The van der Waals surface area contributed by atoms with Gasteiger partial charge in [-0.05, 0) is 42.3 Å². The molecule has 0 radical (unpaired) electrons. The zero-order chi connectivity index (χ0) is 20.7. The van der Waals surface area contributed by atoms with Gasteiger partial charge in [0.15, 0.2) is 11.5 Å². The third kappa shape index (κ3) is 5.22. The van der Waals surface area contributed by atoms with Crippen molar-refractivity contribution in [2.75, 3.05) is 21.3 Å². The van der Waals surface area contributed by atoms with Gasteiger partial charge in [-0.2, -0.15) is 0 Å². The van der Waals surface area contributed by atoms with Crippen LogP contribution in [-0.2, 0) is 22.6 Å². The standard InChI is InChI=1S/C21H25FN2O4/c1-14(21(26)23-2)24(13-15-5-8-17(22)9-6-15)20(25)12-16-7-10-18(27-3)19(11-16)28-4/h5-11,14H,12-13H2,1-4H3,(H,23,26)/t14-/m1/s1. The highest BCUT2D eigenvalue weighted by molar-refractivity contribution is 5.88. The predicted molar refractivity (Wildman–Crippen MR) is 104 cm³/mol. The SMILES string of the molecule is CNC(=O)[C@@H](C)N(Cc1ccc(F)cc1)C(=O)Cc1ccc(OC)c(OC)c1. The van der Waals surface area contributed by atoms with Gasteiger partial charge >= 0.3 is 0 Å². The monoisotopic (exact) mass is 388 g/mol. The van der Waals surface area contributed by atoms with Crippen LogP contribution >= 0.6 is 0 Å². The van der Waals surface area contributed by atoms with E-state index in [1.807, 2.05) is 0 Å². The molecule has 0 aliphatic carbocycles. The Kier molecular flexibility index (Phi) is 7.37. The van der Waals surface area contributed by atoms with E-state index in [1.165, 1.54) is 38.3 Å². The highest BCUT2D eigenvalue weighted by Crippen LogP contribution is 2.28. The number of ether oxygens (including phenoxy) is 2. The lowest BCUT2D eigenvalue weighted by atomic mass is 10.1. The van der Waals surface area contributed by atoms with E-state index in [0.29, 0.717) is 11.5 Å². The van der Waals surface area contributed by atoms with Crippen LogP contribution in [0.2, 0.25) is 0 Å². The molecule has 0 aliphatic heterocycles. The number of halogens is 1. The third-order valence-corrected chi connectivity index (χ3v) is 4.48. The van der Waals surface area contributed by atoms with Crippen molar-refractivity contribution < 1.29 is 23.5 Å². The number of methoxy groups -OCH3 is 2. The second kappa shape index (κ2) is 9.73. The molecule has 2 aromatic carbocycles. The molecule has 0 heterocycles. The smallest absolute Gasteiger partial charge is 0.242 e. The number of hydrogen-bond acceptors (Lipinski definition) is 4. The molecule has 0 fully saturated rings. The molecule has 2 rings (SSSR count). The van der Waals surface area contributed by atoms with Crippen molar-refractivity contribution >= 4 is 11.8 Å². The van der Waals surface area contributed by atoms with Crippen molar-refractivity contribution in [3.05, 3.63) is 59.4 Å². The maximum atomic E-state index is 13.2. The average Bonchev–Trinajstić information content (AvgIpc) is 2.71. The predicted octanol–water partition coefficient (Wildman–Crippen LogP) is 2.55. The highest BCUT2D eigenvalue weighted by atomic mass is 19.1. The van der Waals surface area contributed by atoms with Gasteiger partial charge in [-0.25, -0.2) is 4.39 Å². The molecule has 7 heteroatoms. The minimum absolute atomic E-state index is 0.0862. The van der Waals surface area contributed by atoms with Gasteiger partial charge in [0.1, 0.15) is 11.9 Å². The van der Waals surface area contributed by atoms with Crippen LogP contribution in [0.3, 0.4) is 0 Å². The van der Waals surface area contributed by atoms with Gasteiger partial charge in [-0.15, -0.1) is 0 Å². The van der Waals surface area contributed by atoms with Crippen molar-refractivity contribution in [3.63, 3.8) is 0 Å². The van der Waals surface area contributed by atoms with Crippen molar-refractivity contribution in [1.82, 2.24) is 10.2 Å². The van der Waals surface area contributed by atoms with Crippen LogP contribution in [0.4, 0.5) is 4.39 Å². The summed E-state index contributed by atoms with van der Waals surface area (Å²) in [6, 6.07) is 10.4. The molecule has 0 aromatic heterocycles. The van der Waals surface area contributed by atoms with Gasteiger partial charge in [0.25, 0.3) is 0 Å². The van der Waals surface area contributed by atoms with E-state index >= 15 is 0 Å². The van der Waals surface area contributed by atoms with E-state index in [-0.39, 0.29) is 30.6 Å². The molecule has 0 saturated carbocycles. The number of nitrogens with zero attached hydrogens (tertiary/aromatic N) is 1. The lowest BCUT2D eigenvalue weighted by Crippen LogP contribution is -2.47. The lowest BCUT2D eigenvalue weighted by molar-refractivity contribution is -0.139. The maximum Gasteiger partial charge on any atom is 0.242 e. The molecular weight excluding hydrogens is 363 g/mol. The van der Waals surface area contributed by atoms with E-state index in [9.17, 15) is 14.0 Å². The second-order valence-corrected chi connectivity index (χ2v) is 6.30. The van der Waals surface area contributed by atoms with Gasteiger partial charge in [-0.3, -0.25) is 9.59 Å². The Bertz CT molecular complexity index is 824. The summed E-state index contributed by atoms with van der Waals surface area (Å²) in [7, 11) is 4.59. The molecule has 0 unspecified atom stereocenters. The molecule has 28 heavy (non-hydrogen) atoms. The summed E-state index contributed by atoms with van der Waals surface area (Å²) in [5.74, 6) is 0.236. The Morgan fingerprint density at radius 1 is 1.04 bits per heavy atom. The molecule has 0 aliphatic rings. The van der Waals surface area contributed by atoms with E-state index in [0.717, 1.165) is 11.1 Å². The quantitative estimate of drug-likeness (QED) is 0.755. The third-order valence-electron chi connectivity index (χ3n) is 4.48. The number of hydrogen-bond donors (Lipinski definition) is 1. The zero-order valence-electron chi connectivity index (χ0n) is 16.5. The van der Waals surface area contributed by atoms with E-state index in [1.54, 1.807) is 37.3 Å². The summed E-state index contributed by atoms with van der Waals surface area (Å²) < 4.78 is 23.7. The molecule has 6 nitrogen and oxygen atoms in total. The second-order valence-electron chi connectivity index (χ2n) is 6.30. The van der Waals surface area contributed by atoms with Gasteiger partial charge in [0.2, 0.25) is 11.8 Å². The Morgan fingerprint density at radius 3 is 2.21 bits per heavy atom. The fourth-order valence-electron chi connectivity index (χ4n) is 2.84. The van der Waals surface area contributed by atoms with E-state index in [2.05, 4.69) is 5.32 Å². The molecule has 0 spiro atoms. The molecule has 2 amide bonds. The maximum absolute atomic E-state index is 13.2. The summed E-state index contributed by atoms with van der Waals surface area (Å²) in [5, 5.41) is 2.56. The van der Waals surface area contributed by atoms with Crippen molar-refractivity contribution in [1.29, 1.82) is 0 Å². The summed E-state index contributed by atoms with van der Waals surface area (Å²) in [5.41, 5.74) is 1.47. The van der Waals surface area contributed by atoms with E-state index in [4.69, 9.17) is 9.47 Å². The van der Waals surface area contributed by atoms with Crippen molar-refractivity contribution in [3.8, 4) is 11.5 Å². The number of carbonyl (C=O) groups is 2. The number of nitrogens with one attached hydrogen (secondary N) is 1. The summed E-state index contributed by atoms with van der Waals surface area (Å²) in [6.07, 6.45) is 0.0862. The number of amides is 2. The molecule has 2 aromatic rings. The lowest BCUT2D eigenvalue weighted by Gasteiger charge is -2.28. The number of likely N-dealkylation sites (N-methyl/N-ethyl adjacent to an activating group) is 1. The van der Waals surface area contributed by atoms with Gasteiger partial charge in [0.05, 0.1) is 20.6 Å². The summed E-state index contributed by atoms with van der Waals surface area (Å²) in [6.45, 7) is 1.86. The highest BCUT2D eigenvalue weighted by Gasteiger charge is 2.25. The van der Waals surface area contributed by atoms with Crippen LogP contribution in [0, 0.1) is 5.82 Å². The van der Waals surface area contributed by atoms with Crippen LogP contribution in [0.15, 0.2) is 42.5 Å². The van der Waals surface area contributed by atoms with Crippen LogP contribution in [0.25, 0.3) is 0 Å². The van der Waals surface area contributed by atoms with Crippen LogP contribution in [-0.4, -0.2) is 44.0 Å². The number of benzene rings is 2. The Labute approximate surface area is 164 Å². The largest absolute Gasteiger partial charge is 0.493 e. The van der Waals surface area contributed by atoms with Crippen LogP contribution in [0.5, 0.6) is 11.5 Å².